The molecule has 1 heterocycles. The van der Waals surface area contributed by atoms with Crippen LogP contribution in [-0.4, -0.2) is 38.7 Å². The molecular formula is C18H24N4O2. The number of nitrogens with one attached hydrogen (secondary N) is 1. The van der Waals surface area contributed by atoms with E-state index in [0.29, 0.717) is 11.6 Å². The number of carbonyl (C=O) groups is 1. The fourth-order valence-electron chi connectivity index (χ4n) is 2.63. The van der Waals surface area contributed by atoms with Crippen LogP contribution in [0.2, 0.25) is 0 Å². The molecule has 2 unspecified atom stereocenters. The minimum Gasteiger partial charge on any atom is -0.396 e. The summed E-state index contributed by atoms with van der Waals surface area (Å²) in [6, 6.07) is 7.91. The molecule has 3 rings (SSSR count). The number of rotatable bonds is 6. The minimum atomic E-state index is -0.219. The number of hydrogen-bond donors (Lipinski definition) is 2. The Hall–Kier alpha value is -2.21. The van der Waals surface area contributed by atoms with Crippen molar-refractivity contribution in [3.8, 4) is 5.69 Å². The number of carbonyl (C=O) groups excluding carboxylic acids is 1. The summed E-state index contributed by atoms with van der Waals surface area (Å²) in [5.41, 5.74) is 3.39. The standard InChI is InChI=1S/C18H24N4O2/c1-11-4-8-15(9-5-11)22-17(14-6-7-14)16(20-21-22)18(24)19-13(3)12(2)10-23/h4-5,8-9,12-14,23H,6-7,10H2,1-3H3,(H,19,24). The molecule has 0 radical (unpaired) electrons. The Morgan fingerprint density at radius 2 is 2.00 bits per heavy atom. The van der Waals surface area contributed by atoms with Gasteiger partial charge in [-0.15, -0.1) is 5.10 Å². The summed E-state index contributed by atoms with van der Waals surface area (Å²) in [4.78, 5) is 12.6. The first-order chi connectivity index (χ1) is 11.5. The second kappa shape index (κ2) is 6.73. The lowest BCUT2D eigenvalue weighted by Gasteiger charge is -2.18. The molecule has 6 heteroatoms. The van der Waals surface area contributed by atoms with E-state index in [1.807, 2.05) is 45.0 Å². The predicted octanol–water partition coefficient (Wildman–Crippen LogP) is 2.20. The molecule has 2 atom stereocenters. The molecule has 0 aliphatic heterocycles. The minimum absolute atomic E-state index is 0.00883. The van der Waals surface area contributed by atoms with E-state index in [-0.39, 0.29) is 24.5 Å². The first-order valence-corrected chi connectivity index (χ1v) is 8.45. The molecule has 128 valence electrons. The van der Waals surface area contributed by atoms with Crippen LogP contribution in [0.1, 0.15) is 54.4 Å². The van der Waals surface area contributed by atoms with Crippen LogP contribution in [0.25, 0.3) is 5.69 Å². The summed E-state index contributed by atoms with van der Waals surface area (Å²) >= 11 is 0. The molecule has 1 aliphatic rings. The van der Waals surface area contributed by atoms with Gasteiger partial charge in [0, 0.05) is 18.6 Å². The Labute approximate surface area is 141 Å². The van der Waals surface area contributed by atoms with Gasteiger partial charge >= 0.3 is 0 Å². The third kappa shape index (κ3) is 3.33. The van der Waals surface area contributed by atoms with Gasteiger partial charge in [-0.2, -0.15) is 0 Å². The monoisotopic (exact) mass is 328 g/mol. The lowest BCUT2D eigenvalue weighted by Crippen LogP contribution is -2.38. The van der Waals surface area contributed by atoms with Gasteiger partial charge in [0.15, 0.2) is 5.69 Å². The van der Waals surface area contributed by atoms with E-state index in [4.69, 9.17) is 0 Å². The Morgan fingerprint density at radius 3 is 2.58 bits per heavy atom. The van der Waals surface area contributed by atoms with Gasteiger partial charge in [-0.3, -0.25) is 4.79 Å². The molecule has 1 aromatic heterocycles. The molecular weight excluding hydrogens is 304 g/mol. The molecule has 6 nitrogen and oxygen atoms in total. The van der Waals surface area contributed by atoms with Crippen LogP contribution in [0.15, 0.2) is 24.3 Å². The van der Waals surface area contributed by atoms with Crippen LogP contribution >= 0.6 is 0 Å². The van der Waals surface area contributed by atoms with Crippen molar-refractivity contribution in [2.24, 2.45) is 5.92 Å². The largest absolute Gasteiger partial charge is 0.396 e. The van der Waals surface area contributed by atoms with Gasteiger partial charge in [0.05, 0.1) is 11.4 Å². The van der Waals surface area contributed by atoms with Gasteiger partial charge in [0.25, 0.3) is 5.91 Å². The van der Waals surface area contributed by atoms with Gasteiger partial charge in [0.2, 0.25) is 0 Å². The van der Waals surface area contributed by atoms with Crippen LogP contribution in [0.4, 0.5) is 0 Å². The molecule has 0 spiro atoms. The molecule has 1 saturated carbocycles. The van der Waals surface area contributed by atoms with Crippen molar-refractivity contribution in [3.05, 3.63) is 41.2 Å². The highest BCUT2D eigenvalue weighted by Gasteiger charge is 2.34. The average molecular weight is 328 g/mol. The van der Waals surface area contributed by atoms with Crippen molar-refractivity contribution in [1.82, 2.24) is 20.3 Å². The lowest BCUT2D eigenvalue weighted by molar-refractivity contribution is 0.0910. The van der Waals surface area contributed by atoms with E-state index < -0.39 is 0 Å². The molecule has 0 saturated heterocycles. The summed E-state index contributed by atoms with van der Waals surface area (Å²) in [6.07, 6.45) is 2.12. The van der Waals surface area contributed by atoms with Crippen LogP contribution < -0.4 is 5.32 Å². The van der Waals surface area contributed by atoms with Crippen molar-refractivity contribution in [1.29, 1.82) is 0 Å². The fourth-order valence-corrected chi connectivity index (χ4v) is 2.63. The van der Waals surface area contributed by atoms with E-state index in [2.05, 4.69) is 15.6 Å². The maximum absolute atomic E-state index is 12.6. The second-order valence-corrected chi connectivity index (χ2v) is 6.77. The first-order valence-electron chi connectivity index (χ1n) is 8.45. The highest BCUT2D eigenvalue weighted by Crippen LogP contribution is 2.42. The second-order valence-electron chi connectivity index (χ2n) is 6.77. The number of aliphatic hydroxyl groups excluding tert-OH is 1. The van der Waals surface area contributed by atoms with Crippen molar-refractivity contribution < 1.29 is 9.90 Å². The van der Waals surface area contributed by atoms with Gasteiger partial charge in [-0.05, 0) is 44.7 Å². The van der Waals surface area contributed by atoms with Gasteiger partial charge in [0.1, 0.15) is 0 Å². The van der Waals surface area contributed by atoms with Gasteiger partial charge in [-0.1, -0.05) is 29.8 Å². The predicted molar refractivity (Wildman–Crippen MR) is 91.2 cm³/mol. The molecule has 1 fully saturated rings. The Bertz CT molecular complexity index is 719. The smallest absolute Gasteiger partial charge is 0.274 e. The highest BCUT2D eigenvalue weighted by molar-refractivity contribution is 5.93. The zero-order valence-electron chi connectivity index (χ0n) is 14.4. The zero-order chi connectivity index (χ0) is 17.3. The van der Waals surface area contributed by atoms with E-state index in [1.54, 1.807) is 4.68 Å². The highest BCUT2D eigenvalue weighted by atomic mass is 16.3. The van der Waals surface area contributed by atoms with Crippen LogP contribution in [0.5, 0.6) is 0 Å². The SMILES string of the molecule is Cc1ccc(-n2nnc(C(=O)NC(C)C(C)CO)c2C2CC2)cc1. The topological polar surface area (TPSA) is 80.0 Å². The summed E-state index contributed by atoms with van der Waals surface area (Å²) < 4.78 is 1.78. The van der Waals surface area contributed by atoms with E-state index >= 15 is 0 Å². The van der Waals surface area contributed by atoms with E-state index in [0.717, 1.165) is 24.2 Å². The summed E-state index contributed by atoms with van der Waals surface area (Å²) in [5.74, 6) is 0.112. The maximum atomic E-state index is 12.6. The number of aromatic nitrogens is 3. The van der Waals surface area contributed by atoms with Crippen molar-refractivity contribution in [3.63, 3.8) is 0 Å². The number of hydrogen-bond acceptors (Lipinski definition) is 4. The molecule has 24 heavy (non-hydrogen) atoms. The number of aryl methyl sites for hydroxylation is 1. The molecule has 2 N–H and O–H groups in total. The molecule has 1 aliphatic carbocycles. The first kappa shape index (κ1) is 16.6. The van der Waals surface area contributed by atoms with Crippen LogP contribution in [-0.2, 0) is 0 Å². The number of benzene rings is 1. The molecule has 0 bridgehead atoms. The quantitative estimate of drug-likeness (QED) is 0.852. The Morgan fingerprint density at radius 1 is 1.33 bits per heavy atom. The number of aliphatic hydroxyl groups is 1. The molecule has 1 amide bonds. The number of amides is 1. The summed E-state index contributed by atoms with van der Waals surface area (Å²) in [6.45, 7) is 5.86. The zero-order valence-corrected chi connectivity index (χ0v) is 14.4. The Balaban J connectivity index is 1.89. The van der Waals surface area contributed by atoms with Crippen LogP contribution in [0.3, 0.4) is 0 Å². The lowest BCUT2D eigenvalue weighted by atomic mass is 10.0. The third-order valence-corrected chi connectivity index (χ3v) is 4.66. The summed E-state index contributed by atoms with van der Waals surface area (Å²) in [5, 5.41) is 20.5. The van der Waals surface area contributed by atoms with E-state index in [9.17, 15) is 9.90 Å². The van der Waals surface area contributed by atoms with Crippen molar-refractivity contribution in [2.45, 2.75) is 45.6 Å². The maximum Gasteiger partial charge on any atom is 0.274 e. The van der Waals surface area contributed by atoms with Gasteiger partial charge in [-0.25, -0.2) is 4.68 Å². The average Bonchev–Trinajstić information content (AvgIpc) is 3.32. The van der Waals surface area contributed by atoms with Crippen LogP contribution in [0, 0.1) is 12.8 Å². The fraction of sp³-hybridized carbons (Fsp3) is 0.500. The third-order valence-electron chi connectivity index (χ3n) is 4.66. The molecule has 2 aromatic rings. The number of nitrogens with zero attached hydrogens (tertiary/aromatic N) is 3. The Kier molecular flexibility index (Phi) is 4.66. The van der Waals surface area contributed by atoms with Crippen molar-refractivity contribution in [2.75, 3.05) is 6.61 Å². The van der Waals surface area contributed by atoms with Crippen molar-refractivity contribution >= 4 is 5.91 Å². The van der Waals surface area contributed by atoms with E-state index in [1.165, 1.54) is 5.56 Å². The summed E-state index contributed by atoms with van der Waals surface area (Å²) in [7, 11) is 0. The molecule has 1 aromatic carbocycles. The normalized spacial score (nSPS) is 16.7. The van der Waals surface area contributed by atoms with Gasteiger partial charge < -0.3 is 10.4 Å².